The van der Waals surface area contributed by atoms with E-state index in [-0.39, 0.29) is 35.6 Å². The number of amides is 3. The summed E-state index contributed by atoms with van der Waals surface area (Å²) < 4.78 is 0. The second kappa shape index (κ2) is 11.4. The van der Waals surface area contributed by atoms with Gasteiger partial charge in [-0.15, -0.1) is 0 Å². The van der Waals surface area contributed by atoms with E-state index in [4.69, 9.17) is 0 Å². The van der Waals surface area contributed by atoms with E-state index in [2.05, 4.69) is 27.7 Å². The molecule has 2 saturated heterocycles. The number of carbonyl (C=O) groups excluding carboxylic acids is 3. The molecule has 0 spiro atoms. The molecular weight excluding hydrogens is 488 g/mol. The third kappa shape index (κ3) is 5.68. The van der Waals surface area contributed by atoms with E-state index >= 15 is 0 Å². The van der Waals surface area contributed by atoms with Crippen molar-refractivity contribution < 1.29 is 14.4 Å². The topological polar surface area (TPSA) is 81.8 Å². The van der Waals surface area contributed by atoms with Crippen molar-refractivity contribution in [3.05, 3.63) is 65.2 Å². The van der Waals surface area contributed by atoms with Crippen LogP contribution in [0.1, 0.15) is 69.7 Å². The Balaban J connectivity index is 1.51. The van der Waals surface area contributed by atoms with E-state index in [1.165, 1.54) is 24.0 Å². The van der Waals surface area contributed by atoms with Crippen molar-refractivity contribution in [2.24, 2.45) is 11.8 Å². The Morgan fingerprint density at radius 3 is 2.13 bits per heavy atom. The second-order valence-corrected chi connectivity index (χ2v) is 12.2. The Morgan fingerprint density at radius 2 is 1.56 bits per heavy atom. The Bertz CT molecular complexity index is 1180. The molecule has 208 valence electrons. The molecule has 3 aliphatic rings. The van der Waals surface area contributed by atoms with E-state index in [1.807, 2.05) is 64.1 Å². The number of nitrogens with zero attached hydrogens (tertiary/aromatic N) is 2. The van der Waals surface area contributed by atoms with Crippen LogP contribution >= 0.6 is 0 Å². The number of benzene rings is 2. The van der Waals surface area contributed by atoms with Crippen LogP contribution in [-0.4, -0.2) is 53.8 Å². The molecule has 7 nitrogen and oxygen atoms in total. The van der Waals surface area contributed by atoms with Crippen molar-refractivity contribution in [3.8, 4) is 0 Å². The van der Waals surface area contributed by atoms with E-state index in [9.17, 15) is 14.4 Å². The molecule has 2 aliphatic heterocycles. The first-order chi connectivity index (χ1) is 18.7. The van der Waals surface area contributed by atoms with Gasteiger partial charge in [0.15, 0.2) is 0 Å². The average Bonchev–Trinajstić information content (AvgIpc) is 3.58. The number of anilines is 1. The minimum Gasteiger partial charge on any atom is -0.372 e. The fourth-order valence-corrected chi connectivity index (χ4v) is 6.52. The van der Waals surface area contributed by atoms with Crippen LogP contribution in [0.5, 0.6) is 0 Å². The molecule has 2 heterocycles. The lowest BCUT2D eigenvalue weighted by atomic mass is 9.88. The quantitative estimate of drug-likeness (QED) is 0.541. The smallest absolute Gasteiger partial charge is 0.247 e. The number of nitrogens with one attached hydrogen (secondary N) is 2. The van der Waals surface area contributed by atoms with Crippen LogP contribution in [0, 0.1) is 11.8 Å². The van der Waals surface area contributed by atoms with Gasteiger partial charge < -0.3 is 20.4 Å². The van der Waals surface area contributed by atoms with Crippen molar-refractivity contribution in [2.45, 2.75) is 84.0 Å². The Morgan fingerprint density at radius 1 is 0.949 bits per heavy atom. The fourth-order valence-electron chi connectivity index (χ4n) is 6.52. The number of carbonyl (C=O) groups is 3. The normalized spacial score (nSPS) is 22.4. The van der Waals surface area contributed by atoms with Gasteiger partial charge in [0.1, 0.15) is 18.1 Å². The van der Waals surface area contributed by atoms with Gasteiger partial charge in [0, 0.05) is 24.8 Å². The summed E-state index contributed by atoms with van der Waals surface area (Å²) >= 11 is 0. The highest BCUT2D eigenvalue weighted by atomic mass is 16.2. The monoisotopic (exact) mass is 530 g/mol. The molecule has 1 aliphatic carbocycles. The molecule has 1 unspecified atom stereocenters. The van der Waals surface area contributed by atoms with Crippen molar-refractivity contribution >= 4 is 23.4 Å². The highest BCUT2D eigenvalue weighted by molar-refractivity contribution is 6.00. The van der Waals surface area contributed by atoms with Gasteiger partial charge in [0.25, 0.3) is 0 Å². The van der Waals surface area contributed by atoms with E-state index in [0.717, 1.165) is 37.2 Å². The lowest BCUT2D eigenvalue weighted by Gasteiger charge is -2.45. The lowest BCUT2D eigenvalue weighted by molar-refractivity contribution is -0.158. The molecule has 0 saturated carbocycles. The van der Waals surface area contributed by atoms with Gasteiger partial charge in [-0.05, 0) is 86.6 Å². The van der Waals surface area contributed by atoms with Crippen LogP contribution in [-0.2, 0) is 27.2 Å². The molecule has 39 heavy (non-hydrogen) atoms. The van der Waals surface area contributed by atoms with Crippen molar-refractivity contribution in [3.63, 3.8) is 0 Å². The molecular formula is C32H42N4O3. The van der Waals surface area contributed by atoms with Crippen LogP contribution in [0.2, 0.25) is 0 Å². The number of rotatable bonds is 8. The van der Waals surface area contributed by atoms with Gasteiger partial charge in [-0.25, -0.2) is 0 Å². The number of hydrogen-bond donors (Lipinski definition) is 2. The molecule has 0 aromatic heterocycles. The van der Waals surface area contributed by atoms with Gasteiger partial charge in [-0.1, -0.05) is 50.2 Å². The first kappa shape index (κ1) is 27.2. The highest BCUT2D eigenvalue weighted by Gasteiger charge is 2.49. The summed E-state index contributed by atoms with van der Waals surface area (Å²) in [5.74, 6) is -0.433. The maximum Gasteiger partial charge on any atom is 0.247 e. The Hall–Kier alpha value is -3.35. The zero-order valence-corrected chi connectivity index (χ0v) is 23.7. The Kier molecular flexibility index (Phi) is 7.96. The molecule has 3 amide bonds. The summed E-state index contributed by atoms with van der Waals surface area (Å²) in [6.45, 7) is 9.99. The highest BCUT2D eigenvalue weighted by Crippen LogP contribution is 2.36. The first-order valence-corrected chi connectivity index (χ1v) is 14.6. The number of fused-ring (bicyclic) bond motifs is 1. The van der Waals surface area contributed by atoms with E-state index < -0.39 is 18.1 Å². The summed E-state index contributed by atoms with van der Waals surface area (Å²) in [6, 6.07) is 13.9. The first-order valence-electron chi connectivity index (χ1n) is 14.6. The van der Waals surface area contributed by atoms with Crippen LogP contribution in [0.3, 0.4) is 0 Å². The maximum atomic E-state index is 14.4. The fraction of sp³-hybridized carbons (Fsp3) is 0.531. The van der Waals surface area contributed by atoms with E-state index in [0.29, 0.717) is 6.42 Å². The van der Waals surface area contributed by atoms with Crippen LogP contribution in [0.25, 0.3) is 0 Å². The predicted octanol–water partition coefficient (Wildman–Crippen LogP) is 4.01. The van der Waals surface area contributed by atoms with E-state index in [1.54, 1.807) is 4.90 Å². The summed E-state index contributed by atoms with van der Waals surface area (Å²) in [6.07, 6.45) is 4.34. The number of hydrogen-bond acceptors (Lipinski definition) is 4. The van der Waals surface area contributed by atoms with Crippen LogP contribution in [0.4, 0.5) is 5.69 Å². The molecule has 2 N–H and O–H groups in total. The molecule has 2 aromatic rings. The van der Waals surface area contributed by atoms with Gasteiger partial charge in [0.2, 0.25) is 17.7 Å². The Labute approximate surface area is 232 Å². The summed E-state index contributed by atoms with van der Waals surface area (Å²) in [5, 5.41) is 6.13. The third-order valence-corrected chi connectivity index (χ3v) is 8.34. The minimum atomic E-state index is -0.881. The van der Waals surface area contributed by atoms with Gasteiger partial charge in [0.05, 0.1) is 0 Å². The molecule has 3 atom stereocenters. The second-order valence-electron chi connectivity index (χ2n) is 12.2. The summed E-state index contributed by atoms with van der Waals surface area (Å²) in [5.41, 5.74) is 4.32. The molecule has 2 aromatic carbocycles. The average molecular weight is 531 g/mol. The predicted molar refractivity (Wildman–Crippen MR) is 153 cm³/mol. The molecule has 0 radical (unpaired) electrons. The van der Waals surface area contributed by atoms with Crippen LogP contribution < -0.4 is 15.5 Å². The largest absolute Gasteiger partial charge is 0.372 e. The van der Waals surface area contributed by atoms with Crippen molar-refractivity contribution in [1.82, 2.24) is 15.5 Å². The van der Waals surface area contributed by atoms with Gasteiger partial charge in [-0.3, -0.25) is 14.4 Å². The summed E-state index contributed by atoms with van der Waals surface area (Å²) in [4.78, 5) is 45.9. The van der Waals surface area contributed by atoms with Crippen molar-refractivity contribution in [2.75, 3.05) is 18.0 Å². The van der Waals surface area contributed by atoms with Crippen molar-refractivity contribution in [1.29, 1.82) is 0 Å². The zero-order chi connectivity index (χ0) is 27.7. The van der Waals surface area contributed by atoms with Gasteiger partial charge >= 0.3 is 0 Å². The molecule has 7 heteroatoms. The molecule has 2 fully saturated rings. The molecule has 5 rings (SSSR count). The zero-order valence-electron chi connectivity index (χ0n) is 23.7. The molecule has 0 bridgehead atoms. The van der Waals surface area contributed by atoms with Crippen LogP contribution in [0.15, 0.2) is 48.5 Å². The standard InChI is InChI=1S/C32H42N4O3/c1-20(2)17-27-30(37)34-28(25-18-23-9-5-6-10-24(23)19-25)32(39)36(27)29(31(38)33-21(3)4)22-11-13-26(14-12-22)35-15-7-8-16-35/h5-6,9-14,20-21,25,27-29H,7-8,15-19H2,1-4H3,(H,33,38)(H,34,37)/t27-,28?,29-/m1/s1. The third-order valence-electron chi connectivity index (χ3n) is 8.34. The lowest BCUT2D eigenvalue weighted by Crippen LogP contribution is -2.67. The number of piperazine rings is 1. The minimum absolute atomic E-state index is 0.0345. The van der Waals surface area contributed by atoms with Gasteiger partial charge in [-0.2, -0.15) is 0 Å². The SMILES string of the molecule is CC(C)C[C@@H]1C(=O)NC(C2Cc3ccccc3C2)C(=O)N1[C@@H](C(=O)NC(C)C)c1ccc(N2CCCC2)cc1. The summed E-state index contributed by atoms with van der Waals surface area (Å²) in [7, 11) is 0. The maximum absolute atomic E-state index is 14.4.